The molecule has 0 radical (unpaired) electrons. The van der Waals surface area contributed by atoms with Crippen LogP contribution in [-0.4, -0.2) is 13.2 Å². The molecular weight excluding hydrogens is 302 g/mol. The van der Waals surface area contributed by atoms with Crippen molar-refractivity contribution in [2.75, 3.05) is 13.2 Å². The van der Waals surface area contributed by atoms with E-state index in [1.807, 2.05) is 12.1 Å². The van der Waals surface area contributed by atoms with E-state index in [1.165, 1.54) is 5.56 Å². The van der Waals surface area contributed by atoms with E-state index < -0.39 is 0 Å². The third kappa shape index (κ3) is 5.37. The lowest BCUT2D eigenvalue weighted by atomic mass is 10.1. The summed E-state index contributed by atoms with van der Waals surface area (Å²) in [5, 5.41) is 3.49. The molecule has 1 rings (SSSR count). The molecule has 106 valence electrons. The van der Waals surface area contributed by atoms with Gasteiger partial charge < -0.3 is 10.1 Å². The molecule has 1 atom stereocenters. The maximum Gasteiger partial charge on any atom is 0.124 e. The fraction of sp³-hybridized carbons (Fsp3) is 0.500. The lowest BCUT2D eigenvalue weighted by Crippen LogP contribution is -2.20. The van der Waals surface area contributed by atoms with Crippen molar-refractivity contribution in [3.8, 4) is 5.75 Å². The number of nitrogens with one attached hydrogen (secondary N) is 1. The lowest BCUT2D eigenvalue weighted by Gasteiger charge is -2.19. The average Bonchev–Trinajstić information content (AvgIpc) is 2.42. The van der Waals surface area contributed by atoms with Gasteiger partial charge in [0.1, 0.15) is 12.4 Å². The average molecular weight is 326 g/mol. The highest BCUT2D eigenvalue weighted by Gasteiger charge is 2.12. The summed E-state index contributed by atoms with van der Waals surface area (Å²) in [6, 6.07) is 6.44. The Morgan fingerprint density at radius 3 is 2.79 bits per heavy atom. The monoisotopic (exact) mass is 325 g/mol. The summed E-state index contributed by atoms with van der Waals surface area (Å²) in [6.45, 7) is 12.0. The summed E-state index contributed by atoms with van der Waals surface area (Å²) in [5.74, 6) is 0.939. The number of rotatable bonds is 8. The molecule has 0 heterocycles. The van der Waals surface area contributed by atoms with Gasteiger partial charge in [0, 0.05) is 16.1 Å². The van der Waals surface area contributed by atoms with Crippen molar-refractivity contribution in [1.29, 1.82) is 0 Å². The molecule has 1 aromatic carbocycles. The van der Waals surface area contributed by atoms with Crippen LogP contribution in [0.3, 0.4) is 0 Å². The fourth-order valence-electron chi connectivity index (χ4n) is 1.74. The summed E-state index contributed by atoms with van der Waals surface area (Å²) in [5.41, 5.74) is 2.30. The van der Waals surface area contributed by atoms with Gasteiger partial charge in [-0.2, -0.15) is 0 Å². The Morgan fingerprint density at radius 2 is 2.16 bits per heavy atom. The second kappa shape index (κ2) is 8.39. The first kappa shape index (κ1) is 16.3. The third-order valence-electron chi connectivity index (χ3n) is 3.07. The van der Waals surface area contributed by atoms with E-state index in [0.29, 0.717) is 6.61 Å². The fourth-order valence-corrected chi connectivity index (χ4v) is 2.12. The van der Waals surface area contributed by atoms with E-state index in [-0.39, 0.29) is 6.04 Å². The lowest BCUT2D eigenvalue weighted by molar-refractivity contribution is 0.341. The van der Waals surface area contributed by atoms with Crippen molar-refractivity contribution in [1.82, 2.24) is 5.32 Å². The molecule has 1 unspecified atom stereocenters. The van der Waals surface area contributed by atoms with Crippen molar-refractivity contribution >= 4 is 15.9 Å². The maximum absolute atomic E-state index is 5.89. The summed E-state index contributed by atoms with van der Waals surface area (Å²) < 4.78 is 6.96. The van der Waals surface area contributed by atoms with Gasteiger partial charge in [0.2, 0.25) is 0 Å². The summed E-state index contributed by atoms with van der Waals surface area (Å²) in [6.07, 6.45) is 2.08. The Balaban J connectivity index is 2.81. The molecule has 0 saturated heterocycles. The Hall–Kier alpha value is -0.800. The quantitative estimate of drug-likeness (QED) is 0.689. The van der Waals surface area contributed by atoms with Crippen LogP contribution in [0.15, 0.2) is 34.8 Å². The highest BCUT2D eigenvalue weighted by molar-refractivity contribution is 9.10. The van der Waals surface area contributed by atoms with Gasteiger partial charge in [-0.1, -0.05) is 36.4 Å². The second-order valence-electron chi connectivity index (χ2n) is 4.75. The smallest absolute Gasteiger partial charge is 0.124 e. The number of halogens is 1. The van der Waals surface area contributed by atoms with E-state index in [0.717, 1.165) is 35.2 Å². The van der Waals surface area contributed by atoms with Crippen LogP contribution in [-0.2, 0) is 0 Å². The standard InChI is InChI=1S/C16H24BrNO/c1-5-9-18-13(4)15-10-14(17)7-8-16(15)19-11-12(3)6-2/h7-8,10,13,18H,3,5-6,9,11H2,1-2,4H3. The van der Waals surface area contributed by atoms with Crippen molar-refractivity contribution in [2.24, 2.45) is 0 Å². The molecule has 0 amide bonds. The predicted octanol–water partition coefficient (Wildman–Crippen LogP) is 4.85. The van der Waals surface area contributed by atoms with Crippen LogP contribution in [0.1, 0.15) is 45.2 Å². The zero-order valence-electron chi connectivity index (χ0n) is 12.1. The predicted molar refractivity (Wildman–Crippen MR) is 85.8 cm³/mol. The third-order valence-corrected chi connectivity index (χ3v) is 3.56. The number of hydrogen-bond donors (Lipinski definition) is 1. The zero-order chi connectivity index (χ0) is 14.3. The van der Waals surface area contributed by atoms with Gasteiger partial charge in [0.05, 0.1) is 0 Å². The van der Waals surface area contributed by atoms with Crippen LogP contribution in [0.25, 0.3) is 0 Å². The van der Waals surface area contributed by atoms with Gasteiger partial charge in [-0.3, -0.25) is 0 Å². The molecule has 0 aliphatic carbocycles. The second-order valence-corrected chi connectivity index (χ2v) is 5.67. The molecule has 0 aromatic heterocycles. The molecule has 0 fully saturated rings. The van der Waals surface area contributed by atoms with Gasteiger partial charge in [0.15, 0.2) is 0 Å². The minimum Gasteiger partial charge on any atom is -0.489 e. The van der Waals surface area contributed by atoms with Crippen LogP contribution in [0, 0.1) is 0 Å². The van der Waals surface area contributed by atoms with Gasteiger partial charge in [-0.25, -0.2) is 0 Å². The van der Waals surface area contributed by atoms with E-state index in [9.17, 15) is 0 Å². The first-order valence-corrected chi connectivity index (χ1v) is 7.70. The van der Waals surface area contributed by atoms with Crippen LogP contribution in [0.5, 0.6) is 5.75 Å². The number of benzene rings is 1. The minimum atomic E-state index is 0.280. The topological polar surface area (TPSA) is 21.3 Å². The Morgan fingerprint density at radius 1 is 1.42 bits per heavy atom. The Labute approximate surface area is 125 Å². The van der Waals surface area contributed by atoms with Crippen LogP contribution in [0.2, 0.25) is 0 Å². The van der Waals surface area contributed by atoms with Gasteiger partial charge in [0.25, 0.3) is 0 Å². The van der Waals surface area contributed by atoms with E-state index in [1.54, 1.807) is 0 Å². The minimum absolute atomic E-state index is 0.280. The number of hydrogen-bond acceptors (Lipinski definition) is 2. The van der Waals surface area contributed by atoms with Crippen LogP contribution in [0.4, 0.5) is 0 Å². The van der Waals surface area contributed by atoms with E-state index in [4.69, 9.17) is 4.74 Å². The van der Waals surface area contributed by atoms with Crippen molar-refractivity contribution < 1.29 is 4.74 Å². The van der Waals surface area contributed by atoms with Crippen LogP contribution >= 0.6 is 15.9 Å². The van der Waals surface area contributed by atoms with Gasteiger partial charge in [-0.05, 0) is 50.1 Å². The Kier molecular flexibility index (Phi) is 7.17. The molecule has 0 aliphatic heterocycles. The summed E-state index contributed by atoms with van der Waals surface area (Å²) in [4.78, 5) is 0. The molecule has 1 N–H and O–H groups in total. The Bertz CT molecular complexity index is 417. The van der Waals surface area contributed by atoms with Gasteiger partial charge >= 0.3 is 0 Å². The molecule has 0 aliphatic rings. The molecule has 2 nitrogen and oxygen atoms in total. The molecule has 3 heteroatoms. The molecule has 1 aromatic rings. The van der Waals surface area contributed by atoms with Crippen molar-refractivity contribution in [2.45, 2.75) is 39.7 Å². The van der Waals surface area contributed by atoms with Crippen molar-refractivity contribution in [3.63, 3.8) is 0 Å². The first-order chi connectivity index (χ1) is 9.08. The highest BCUT2D eigenvalue weighted by atomic mass is 79.9. The first-order valence-electron chi connectivity index (χ1n) is 6.90. The summed E-state index contributed by atoms with van der Waals surface area (Å²) in [7, 11) is 0. The molecule has 0 bridgehead atoms. The molecule has 0 spiro atoms. The number of ether oxygens (including phenoxy) is 1. The van der Waals surface area contributed by atoms with E-state index in [2.05, 4.69) is 54.7 Å². The zero-order valence-corrected chi connectivity index (χ0v) is 13.7. The van der Waals surface area contributed by atoms with Crippen molar-refractivity contribution in [3.05, 3.63) is 40.4 Å². The summed E-state index contributed by atoms with van der Waals surface area (Å²) >= 11 is 3.53. The highest BCUT2D eigenvalue weighted by Crippen LogP contribution is 2.29. The largest absolute Gasteiger partial charge is 0.489 e. The SMILES string of the molecule is C=C(CC)COc1ccc(Br)cc1C(C)NCCC. The van der Waals surface area contributed by atoms with E-state index >= 15 is 0 Å². The molecule has 19 heavy (non-hydrogen) atoms. The van der Waals surface area contributed by atoms with Gasteiger partial charge in [-0.15, -0.1) is 0 Å². The maximum atomic E-state index is 5.89. The molecule has 0 saturated carbocycles. The normalized spacial score (nSPS) is 12.2. The molecular formula is C16H24BrNO. The van der Waals surface area contributed by atoms with Crippen LogP contribution < -0.4 is 10.1 Å².